The molecule has 0 aliphatic carbocycles. The van der Waals surface area contributed by atoms with Crippen LogP contribution in [0.4, 0.5) is 10.1 Å². The van der Waals surface area contributed by atoms with Crippen LogP contribution in [0.5, 0.6) is 5.75 Å². The van der Waals surface area contributed by atoms with Crippen LogP contribution in [0.3, 0.4) is 0 Å². The summed E-state index contributed by atoms with van der Waals surface area (Å²) in [5, 5.41) is 0. The Morgan fingerprint density at radius 2 is 2.00 bits per heavy atom. The lowest BCUT2D eigenvalue weighted by Gasteiger charge is -2.18. The lowest BCUT2D eigenvalue weighted by Crippen LogP contribution is -2.26. The number of nitrogens with zero attached hydrogens (tertiary/aromatic N) is 1. The molecule has 2 aromatic rings. The first kappa shape index (κ1) is 13.9. The maximum absolute atomic E-state index is 13.1. The molecule has 1 atom stereocenters. The minimum absolute atomic E-state index is 0.239. The molecular weight excluding hydrogens is 267 g/mol. The van der Waals surface area contributed by atoms with Crippen molar-refractivity contribution in [1.82, 2.24) is 0 Å². The molecule has 0 radical (unpaired) electrons. The third-order valence-electron chi connectivity index (χ3n) is 3.72. The van der Waals surface area contributed by atoms with Crippen LogP contribution in [0.1, 0.15) is 12.0 Å². The van der Waals surface area contributed by atoms with Crippen molar-refractivity contribution >= 4 is 5.69 Å². The molecule has 1 aliphatic rings. The maximum atomic E-state index is 13.1. The van der Waals surface area contributed by atoms with E-state index in [2.05, 4.69) is 4.90 Å². The summed E-state index contributed by atoms with van der Waals surface area (Å²) in [6, 6.07) is 14.7. The lowest BCUT2D eigenvalue weighted by atomic mass is 10.2. The summed E-state index contributed by atoms with van der Waals surface area (Å²) in [6.45, 7) is 2.28. The van der Waals surface area contributed by atoms with Crippen LogP contribution < -0.4 is 15.4 Å². The van der Waals surface area contributed by atoms with E-state index in [0.29, 0.717) is 6.61 Å². The van der Waals surface area contributed by atoms with Crippen molar-refractivity contribution in [3.8, 4) is 5.75 Å². The predicted molar refractivity (Wildman–Crippen MR) is 82.0 cm³/mol. The van der Waals surface area contributed by atoms with E-state index in [0.717, 1.165) is 30.8 Å². The first-order valence-electron chi connectivity index (χ1n) is 7.18. The zero-order chi connectivity index (χ0) is 14.7. The van der Waals surface area contributed by atoms with Gasteiger partial charge >= 0.3 is 0 Å². The average molecular weight is 286 g/mol. The molecule has 1 heterocycles. The van der Waals surface area contributed by atoms with Crippen molar-refractivity contribution in [1.29, 1.82) is 0 Å². The van der Waals surface area contributed by atoms with E-state index in [1.165, 1.54) is 17.8 Å². The van der Waals surface area contributed by atoms with Gasteiger partial charge in [-0.15, -0.1) is 0 Å². The summed E-state index contributed by atoms with van der Waals surface area (Å²) in [7, 11) is 0. The van der Waals surface area contributed by atoms with Crippen molar-refractivity contribution < 1.29 is 9.13 Å². The molecular formula is C17H19FN2O. The summed E-state index contributed by atoms with van der Waals surface area (Å²) in [5.74, 6) is 0.545. The molecule has 2 N–H and O–H groups in total. The van der Waals surface area contributed by atoms with Gasteiger partial charge in [-0.05, 0) is 48.4 Å². The molecule has 3 nitrogen and oxygen atoms in total. The van der Waals surface area contributed by atoms with Crippen molar-refractivity contribution in [3.63, 3.8) is 0 Å². The number of halogens is 1. The number of hydrogen-bond acceptors (Lipinski definition) is 3. The topological polar surface area (TPSA) is 38.5 Å². The standard InChI is InChI=1S/C17H19FN2O/c18-14-3-1-2-13(10-14)12-21-17-6-4-16(5-7-17)20-9-8-15(19)11-20/h1-7,10,15H,8-9,11-12,19H2/t15-/m0/s1. The van der Waals surface area contributed by atoms with Gasteiger partial charge in [0.2, 0.25) is 0 Å². The van der Waals surface area contributed by atoms with Gasteiger partial charge in [0.25, 0.3) is 0 Å². The van der Waals surface area contributed by atoms with Crippen LogP contribution in [0, 0.1) is 5.82 Å². The van der Waals surface area contributed by atoms with Crippen LogP contribution in [0.25, 0.3) is 0 Å². The molecule has 1 saturated heterocycles. The van der Waals surface area contributed by atoms with Crippen LogP contribution in [-0.2, 0) is 6.61 Å². The number of rotatable bonds is 4. The normalized spacial score (nSPS) is 18.0. The molecule has 0 spiro atoms. The lowest BCUT2D eigenvalue weighted by molar-refractivity contribution is 0.305. The van der Waals surface area contributed by atoms with Crippen molar-refractivity contribution in [2.45, 2.75) is 19.1 Å². The highest BCUT2D eigenvalue weighted by Gasteiger charge is 2.18. The Bertz CT molecular complexity index is 600. The third kappa shape index (κ3) is 3.52. The Kier molecular flexibility index (Phi) is 4.06. The molecule has 3 rings (SSSR count). The molecule has 1 fully saturated rings. The van der Waals surface area contributed by atoms with Crippen LogP contribution in [0.2, 0.25) is 0 Å². The van der Waals surface area contributed by atoms with Gasteiger partial charge in [0.15, 0.2) is 0 Å². The number of hydrogen-bond donors (Lipinski definition) is 1. The van der Waals surface area contributed by atoms with Gasteiger partial charge in [0.1, 0.15) is 18.2 Å². The molecule has 21 heavy (non-hydrogen) atoms. The summed E-state index contributed by atoms with van der Waals surface area (Å²) in [5.41, 5.74) is 7.91. The van der Waals surface area contributed by atoms with E-state index in [1.807, 2.05) is 30.3 Å². The quantitative estimate of drug-likeness (QED) is 0.939. The van der Waals surface area contributed by atoms with Gasteiger partial charge in [0.05, 0.1) is 0 Å². The fourth-order valence-corrected chi connectivity index (χ4v) is 2.57. The number of benzene rings is 2. The minimum atomic E-state index is -0.239. The summed E-state index contributed by atoms with van der Waals surface area (Å²) in [6.07, 6.45) is 1.04. The zero-order valence-electron chi connectivity index (χ0n) is 11.8. The maximum Gasteiger partial charge on any atom is 0.123 e. The van der Waals surface area contributed by atoms with Crippen LogP contribution in [-0.4, -0.2) is 19.1 Å². The zero-order valence-corrected chi connectivity index (χ0v) is 11.8. The Hall–Kier alpha value is -2.07. The van der Waals surface area contributed by atoms with Gasteiger partial charge in [0, 0.05) is 24.8 Å². The largest absolute Gasteiger partial charge is 0.489 e. The highest BCUT2D eigenvalue weighted by molar-refractivity contribution is 5.50. The molecule has 0 bridgehead atoms. The second kappa shape index (κ2) is 6.14. The van der Waals surface area contributed by atoms with Crippen molar-refractivity contribution in [2.24, 2.45) is 5.73 Å². The third-order valence-corrected chi connectivity index (χ3v) is 3.72. The second-order valence-corrected chi connectivity index (χ2v) is 5.41. The fourth-order valence-electron chi connectivity index (χ4n) is 2.57. The Morgan fingerprint density at radius 1 is 1.19 bits per heavy atom. The molecule has 4 heteroatoms. The Balaban J connectivity index is 1.59. The second-order valence-electron chi connectivity index (χ2n) is 5.41. The number of nitrogens with two attached hydrogens (primary N) is 1. The van der Waals surface area contributed by atoms with Crippen molar-refractivity contribution in [3.05, 3.63) is 59.9 Å². The van der Waals surface area contributed by atoms with E-state index in [9.17, 15) is 4.39 Å². The van der Waals surface area contributed by atoms with Gasteiger partial charge < -0.3 is 15.4 Å². The Morgan fingerprint density at radius 3 is 2.67 bits per heavy atom. The molecule has 1 aliphatic heterocycles. The number of anilines is 1. The summed E-state index contributed by atoms with van der Waals surface area (Å²) < 4.78 is 18.8. The monoisotopic (exact) mass is 286 g/mol. The minimum Gasteiger partial charge on any atom is -0.489 e. The van der Waals surface area contributed by atoms with Gasteiger partial charge in [-0.2, -0.15) is 0 Å². The van der Waals surface area contributed by atoms with Crippen LogP contribution in [0.15, 0.2) is 48.5 Å². The highest BCUT2D eigenvalue weighted by Crippen LogP contribution is 2.23. The van der Waals surface area contributed by atoms with Crippen LogP contribution >= 0.6 is 0 Å². The first-order valence-corrected chi connectivity index (χ1v) is 7.18. The Labute approximate surface area is 124 Å². The smallest absolute Gasteiger partial charge is 0.123 e. The molecule has 0 unspecified atom stereocenters. The predicted octanol–water partition coefficient (Wildman–Crippen LogP) is 2.94. The van der Waals surface area contributed by atoms with E-state index < -0.39 is 0 Å². The van der Waals surface area contributed by atoms with Gasteiger partial charge in [-0.1, -0.05) is 12.1 Å². The molecule has 0 amide bonds. The highest BCUT2D eigenvalue weighted by atomic mass is 19.1. The van der Waals surface area contributed by atoms with E-state index in [4.69, 9.17) is 10.5 Å². The van der Waals surface area contributed by atoms with E-state index >= 15 is 0 Å². The molecule has 0 aromatic heterocycles. The molecule has 2 aromatic carbocycles. The number of ether oxygens (including phenoxy) is 1. The van der Waals surface area contributed by atoms with Gasteiger partial charge in [-0.3, -0.25) is 0 Å². The summed E-state index contributed by atoms with van der Waals surface area (Å²) in [4.78, 5) is 2.28. The van der Waals surface area contributed by atoms with Crippen molar-refractivity contribution in [2.75, 3.05) is 18.0 Å². The van der Waals surface area contributed by atoms with Gasteiger partial charge in [-0.25, -0.2) is 4.39 Å². The SMILES string of the molecule is N[C@H]1CCN(c2ccc(OCc3cccc(F)c3)cc2)C1. The first-order chi connectivity index (χ1) is 10.2. The molecule has 0 saturated carbocycles. The summed E-state index contributed by atoms with van der Waals surface area (Å²) >= 11 is 0. The van der Waals surface area contributed by atoms with E-state index in [-0.39, 0.29) is 11.9 Å². The fraction of sp³-hybridized carbons (Fsp3) is 0.294. The van der Waals surface area contributed by atoms with E-state index in [1.54, 1.807) is 6.07 Å². The molecule has 110 valence electrons. The average Bonchev–Trinajstić information content (AvgIpc) is 2.92.